The van der Waals surface area contributed by atoms with Gasteiger partial charge in [-0.05, 0) is 25.5 Å². The van der Waals surface area contributed by atoms with Crippen LogP contribution in [0.3, 0.4) is 0 Å². The van der Waals surface area contributed by atoms with Gasteiger partial charge in [-0.1, -0.05) is 18.2 Å². The quantitative estimate of drug-likeness (QED) is 0.719. The molecule has 0 amide bonds. The fraction of sp³-hybridized carbons (Fsp3) is 0.316. The maximum Gasteiger partial charge on any atom is 0.305 e. The van der Waals surface area contributed by atoms with Crippen LogP contribution in [0.15, 0.2) is 29.1 Å². The zero-order chi connectivity index (χ0) is 18.8. The summed E-state index contributed by atoms with van der Waals surface area (Å²) in [6.45, 7) is 3.96. The average molecular weight is 372 g/mol. The van der Waals surface area contributed by atoms with E-state index in [4.69, 9.17) is 14.8 Å². The summed E-state index contributed by atoms with van der Waals surface area (Å²) < 4.78 is 6.88. The lowest BCUT2D eigenvalue weighted by molar-refractivity contribution is -0.137. The summed E-state index contributed by atoms with van der Waals surface area (Å²) in [7, 11) is 1.60. The van der Waals surface area contributed by atoms with Crippen molar-refractivity contribution in [1.82, 2.24) is 9.55 Å². The second-order valence-electron chi connectivity index (χ2n) is 6.08. The molecular formula is C19H20N2O4S. The molecule has 0 saturated heterocycles. The van der Waals surface area contributed by atoms with E-state index in [9.17, 15) is 9.59 Å². The predicted octanol–water partition coefficient (Wildman–Crippen LogP) is 3.15. The largest absolute Gasteiger partial charge is 0.496 e. The fourth-order valence-electron chi connectivity index (χ4n) is 2.96. The van der Waals surface area contributed by atoms with E-state index in [1.54, 1.807) is 7.11 Å². The molecule has 136 valence electrons. The van der Waals surface area contributed by atoms with Gasteiger partial charge < -0.3 is 9.84 Å². The lowest BCUT2D eigenvalue weighted by Crippen LogP contribution is -2.26. The number of hydrogen-bond acceptors (Lipinski definition) is 5. The molecule has 0 saturated carbocycles. The summed E-state index contributed by atoms with van der Waals surface area (Å²) in [4.78, 5) is 30.5. The highest BCUT2D eigenvalue weighted by atomic mass is 32.1. The Labute approximate surface area is 154 Å². The Bertz CT molecular complexity index is 1040. The second-order valence-corrected chi connectivity index (χ2v) is 7.28. The summed E-state index contributed by atoms with van der Waals surface area (Å²) in [5.41, 5.74) is 1.63. The minimum Gasteiger partial charge on any atom is -0.496 e. The number of aryl methyl sites for hydroxylation is 2. The van der Waals surface area contributed by atoms with E-state index in [-0.39, 0.29) is 18.5 Å². The third-order valence-electron chi connectivity index (χ3n) is 4.46. The third-order valence-corrected chi connectivity index (χ3v) is 5.56. The number of aliphatic carboxylic acids is 1. The Morgan fingerprint density at radius 3 is 2.73 bits per heavy atom. The molecule has 0 atom stereocenters. The van der Waals surface area contributed by atoms with Crippen LogP contribution >= 0.6 is 11.3 Å². The number of thiophene rings is 1. The van der Waals surface area contributed by atoms with Gasteiger partial charge >= 0.3 is 5.97 Å². The fourth-order valence-corrected chi connectivity index (χ4v) is 4.00. The monoisotopic (exact) mass is 372 g/mol. The third kappa shape index (κ3) is 3.35. The van der Waals surface area contributed by atoms with Crippen LogP contribution in [0.1, 0.15) is 28.2 Å². The first-order valence-corrected chi connectivity index (χ1v) is 9.07. The van der Waals surface area contributed by atoms with Crippen LogP contribution in [-0.4, -0.2) is 27.7 Å². The van der Waals surface area contributed by atoms with Crippen molar-refractivity contribution >= 4 is 27.5 Å². The van der Waals surface area contributed by atoms with E-state index in [2.05, 4.69) is 0 Å². The molecule has 3 aromatic rings. The van der Waals surface area contributed by atoms with Gasteiger partial charge in [0.2, 0.25) is 0 Å². The van der Waals surface area contributed by atoms with Crippen molar-refractivity contribution in [2.45, 2.75) is 33.2 Å². The van der Waals surface area contributed by atoms with E-state index in [0.29, 0.717) is 28.2 Å². The number of carboxylic acid groups (broad SMARTS) is 1. The van der Waals surface area contributed by atoms with Crippen LogP contribution in [0.25, 0.3) is 10.2 Å². The van der Waals surface area contributed by atoms with E-state index < -0.39 is 5.97 Å². The second kappa shape index (κ2) is 7.29. The van der Waals surface area contributed by atoms with Gasteiger partial charge in [0.25, 0.3) is 5.56 Å². The highest BCUT2D eigenvalue weighted by Gasteiger charge is 2.18. The van der Waals surface area contributed by atoms with Gasteiger partial charge in [0.1, 0.15) is 16.4 Å². The highest BCUT2D eigenvalue weighted by Crippen LogP contribution is 2.27. The van der Waals surface area contributed by atoms with Crippen molar-refractivity contribution in [3.05, 3.63) is 56.4 Å². The molecule has 1 aromatic carbocycles. The van der Waals surface area contributed by atoms with E-state index in [1.165, 1.54) is 15.9 Å². The number of ether oxygens (including phenoxy) is 1. The summed E-state index contributed by atoms with van der Waals surface area (Å²) in [5, 5.41) is 9.63. The first-order chi connectivity index (χ1) is 12.4. The molecule has 3 rings (SSSR count). The number of nitrogens with zero attached hydrogens (tertiary/aromatic N) is 2. The van der Waals surface area contributed by atoms with E-state index >= 15 is 0 Å². The minimum absolute atomic E-state index is 0.0932. The summed E-state index contributed by atoms with van der Waals surface area (Å²) in [5.74, 6) is 0.318. The van der Waals surface area contributed by atoms with Gasteiger partial charge in [-0.25, -0.2) is 4.98 Å². The number of rotatable bonds is 6. The standard InChI is InChI=1S/C19H20N2O4S/c1-11-12(2)26-18-17(11)19(24)21(9-8-16(22)23)15(20-18)10-13-6-4-5-7-14(13)25-3/h4-7H,8-10H2,1-3H3,(H,22,23). The van der Waals surface area contributed by atoms with Crippen molar-refractivity contribution in [1.29, 1.82) is 0 Å². The molecule has 0 radical (unpaired) electrons. The maximum absolute atomic E-state index is 13.0. The Hall–Kier alpha value is -2.67. The molecule has 26 heavy (non-hydrogen) atoms. The first-order valence-electron chi connectivity index (χ1n) is 8.25. The molecule has 0 aliphatic heterocycles. The molecule has 2 heterocycles. The lowest BCUT2D eigenvalue weighted by atomic mass is 10.1. The van der Waals surface area contributed by atoms with Crippen LogP contribution < -0.4 is 10.3 Å². The van der Waals surface area contributed by atoms with Crippen LogP contribution in [0.2, 0.25) is 0 Å². The molecule has 7 heteroatoms. The van der Waals surface area contributed by atoms with Crippen molar-refractivity contribution in [2.75, 3.05) is 7.11 Å². The van der Waals surface area contributed by atoms with Gasteiger partial charge in [0, 0.05) is 23.4 Å². The highest BCUT2D eigenvalue weighted by molar-refractivity contribution is 7.18. The van der Waals surface area contributed by atoms with Crippen LogP contribution in [-0.2, 0) is 17.8 Å². The Morgan fingerprint density at radius 1 is 1.31 bits per heavy atom. The van der Waals surface area contributed by atoms with Crippen LogP contribution in [0, 0.1) is 13.8 Å². The van der Waals surface area contributed by atoms with Gasteiger partial charge in [-0.2, -0.15) is 0 Å². The zero-order valence-electron chi connectivity index (χ0n) is 14.9. The summed E-state index contributed by atoms with van der Waals surface area (Å²) in [6.07, 6.45) is 0.263. The molecule has 1 N–H and O–H groups in total. The van der Waals surface area contributed by atoms with Gasteiger partial charge in [0.05, 0.1) is 18.9 Å². The Balaban J connectivity index is 2.17. The summed E-state index contributed by atoms with van der Waals surface area (Å²) >= 11 is 1.49. The van der Waals surface area contributed by atoms with Gasteiger partial charge in [-0.15, -0.1) is 11.3 Å². The minimum atomic E-state index is -0.946. The molecule has 0 spiro atoms. The van der Waals surface area contributed by atoms with Gasteiger partial charge in [-0.3, -0.25) is 14.2 Å². The Morgan fingerprint density at radius 2 is 2.04 bits per heavy atom. The van der Waals surface area contributed by atoms with Gasteiger partial charge in [0.15, 0.2) is 0 Å². The van der Waals surface area contributed by atoms with Crippen molar-refractivity contribution in [3.8, 4) is 5.75 Å². The number of carboxylic acids is 1. The van der Waals surface area contributed by atoms with E-state index in [1.807, 2.05) is 38.1 Å². The molecule has 0 bridgehead atoms. The topological polar surface area (TPSA) is 81.4 Å². The molecule has 0 unspecified atom stereocenters. The zero-order valence-corrected chi connectivity index (χ0v) is 15.7. The number of carbonyl (C=O) groups is 1. The molecular weight excluding hydrogens is 352 g/mol. The number of aromatic nitrogens is 2. The number of benzene rings is 1. The lowest BCUT2D eigenvalue weighted by Gasteiger charge is -2.13. The maximum atomic E-state index is 13.0. The van der Waals surface area contributed by atoms with Crippen molar-refractivity contribution in [3.63, 3.8) is 0 Å². The predicted molar refractivity (Wildman–Crippen MR) is 101 cm³/mol. The number of fused-ring (bicyclic) bond motifs is 1. The Kier molecular flexibility index (Phi) is 5.08. The molecule has 0 aliphatic rings. The van der Waals surface area contributed by atoms with Crippen molar-refractivity contribution in [2.24, 2.45) is 0 Å². The molecule has 2 aromatic heterocycles. The SMILES string of the molecule is COc1ccccc1Cc1nc2sc(C)c(C)c2c(=O)n1CCC(=O)O. The smallest absolute Gasteiger partial charge is 0.305 e. The summed E-state index contributed by atoms with van der Waals surface area (Å²) in [6, 6.07) is 7.55. The average Bonchev–Trinajstić information content (AvgIpc) is 2.89. The first kappa shape index (κ1) is 18.1. The normalized spacial score (nSPS) is 11.0. The molecule has 0 fully saturated rings. The van der Waals surface area contributed by atoms with E-state index in [0.717, 1.165) is 16.0 Å². The molecule has 0 aliphatic carbocycles. The number of hydrogen-bond donors (Lipinski definition) is 1. The van der Waals surface area contributed by atoms with Crippen molar-refractivity contribution < 1.29 is 14.6 Å². The van der Waals surface area contributed by atoms with Crippen LogP contribution in [0.4, 0.5) is 0 Å². The number of para-hydroxylation sites is 1. The molecule has 6 nitrogen and oxygen atoms in total. The number of methoxy groups -OCH3 is 1. The van der Waals surface area contributed by atoms with Crippen LogP contribution in [0.5, 0.6) is 5.75 Å².